The maximum Gasteiger partial charge on any atom is 0.418 e. The molecule has 0 radical (unpaired) electrons. The second-order valence-corrected chi connectivity index (χ2v) is 3.09. The molecule has 0 amide bonds. The van der Waals surface area contributed by atoms with Gasteiger partial charge in [-0.25, -0.2) is 4.98 Å². The third-order valence-electron chi connectivity index (χ3n) is 2.09. The van der Waals surface area contributed by atoms with Crippen molar-refractivity contribution in [3.8, 4) is 0 Å². The molecular weight excluding hydrogens is 209 g/mol. The van der Waals surface area contributed by atoms with E-state index in [1.165, 1.54) is 18.3 Å². The molecule has 2 aromatic rings. The van der Waals surface area contributed by atoms with Gasteiger partial charge in [0.1, 0.15) is 5.65 Å². The standard InChI is InChI=1S/C9H7F3N2O/c10-9(11,12)7(15)6-4-14-8-5(6)2-1-3-13-8/h1-4,7,15H,(H,13,14). The summed E-state index contributed by atoms with van der Waals surface area (Å²) in [5, 5.41) is 9.35. The van der Waals surface area contributed by atoms with E-state index in [-0.39, 0.29) is 10.9 Å². The van der Waals surface area contributed by atoms with Gasteiger partial charge >= 0.3 is 6.18 Å². The van der Waals surface area contributed by atoms with Gasteiger partial charge in [0.05, 0.1) is 0 Å². The van der Waals surface area contributed by atoms with Crippen LogP contribution < -0.4 is 0 Å². The lowest BCUT2D eigenvalue weighted by Crippen LogP contribution is -2.19. The van der Waals surface area contributed by atoms with Crippen LogP contribution in [0.25, 0.3) is 11.0 Å². The average molecular weight is 216 g/mol. The minimum absolute atomic E-state index is 0.203. The first kappa shape index (κ1) is 9.97. The van der Waals surface area contributed by atoms with Gasteiger partial charge < -0.3 is 10.1 Å². The van der Waals surface area contributed by atoms with E-state index in [0.29, 0.717) is 5.65 Å². The lowest BCUT2D eigenvalue weighted by Gasteiger charge is -2.13. The minimum atomic E-state index is -4.66. The van der Waals surface area contributed by atoms with Crippen molar-refractivity contribution in [2.24, 2.45) is 0 Å². The van der Waals surface area contributed by atoms with Gasteiger partial charge in [-0.3, -0.25) is 0 Å². The molecule has 1 atom stereocenters. The third-order valence-corrected chi connectivity index (χ3v) is 2.09. The number of fused-ring (bicyclic) bond motifs is 1. The Morgan fingerprint density at radius 1 is 1.40 bits per heavy atom. The fourth-order valence-corrected chi connectivity index (χ4v) is 1.38. The van der Waals surface area contributed by atoms with Crippen LogP contribution in [0.3, 0.4) is 0 Å². The number of hydrogen-bond donors (Lipinski definition) is 2. The fraction of sp³-hybridized carbons (Fsp3) is 0.222. The van der Waals surface area contributed by atoms with Crippen molar-refractivity contribution in [3.05, 3.63) is 30.1 Å². The Hall–Kier alpha value is -1.56. The van der Waals surface area contributed by atoms with Gasteiger partial charge in [-0.05, 0) is 12.1 Å². The molecule has 2 rings (SSSR count). The van der Waals surface area contributed by atoms with E-state index in [4.69, 9.17) is 5.11 Å². The Morgan fingerprint density at radius 3 is 2.80 bits per heavy atom. The van der Waals surface area contributed by atoms with Crippen LogP contribution in [-0.4, -0.2) is 21.3 Å². The first-order valence-electron chi connectivity index (χ1n) is 4.17. The van der Waals surface area contributed by atoms with Gasteiger partial charge in [-0.1, -0.05) is 0 Å². The zero-order valence-corrected chi connectivity index (χ0v) is 7.42. The number of H-pyrrole nitrogens is 1. The maximum atomic E-state index is 12.3. The quantitative estimate of drug-likeness (QED) is 0.767. The van der Waals surface area contributed by atoms with Crippen molar-refractivity contribution >= 4 is 11.0 Å². The highest BCUT2D eigenvalue weighted by atomic mass is 19.4. The number of nitrogens with one attached hydrogen (secondary N) is 1. The zero-order chi connectivity index (χ0) is 11.1. The molecule has 0 aliphatic rings. The molecule has 1 unspecified atom stereocenters. The first-order valence-corrected chi connectivity index (χ1v) is 4.17. The molecule has 15 heavy (non-hydrogen) atoms. The van der Waals surface area contributed by atoms with Crippen LogP contribution in [0.4, 0.5) is 13.2 Å². The fourth-order valence-electron chi connectivity index (χ4n) is 1.38. The summed E-state index contributed by atoms with van der Waals surface area (Å²) in [4.78, 5) is 6.40. The van der Waals surface area contributed by atoms with Crippen LogP contribution in [0.2, 0.25) is 0 Å². The second-order valence-electron chi connectivity index (χ2n) is 3.09. The molecule has 0 spiro atoms. The second kappa shape index (κ2) is 3.23. The summed E-state index contributed by atoms with van der Waals surface area (Å²) in [5.41, 5.74) is 0.126. The van der Waals surface area contributed by atoms with Crippen LogP contribution in [0.1, 0.15) is 11.7 Å². The highest BCUT2D eigenvalue weighted by molar-refractivity contribution is 5.79. The summed E-state index contributed by atoms with van der Waals surface area (Å²) in [6.07, 6.45) is -4.56. The SMILES string of the molecule is OC(c1c[nH]c2ncccc12)C(F)(F)F. The van der Waals surface area contributed by atoms with Gasteiger partial charge in [0.2, 0.25) is 0 Å². The van der Waals surface area contributed by atoms with Crippen LogP contribution >= 0.6 is 0 Å². The van der Waals surface area contributed by atoms with Crippen LogP contribution in [0.5, 0.6) is 0 Å². The molecule has 0 aliphatic carbocycles. The molecule has 0 saturated carbocycles. The highest BCUT2D eigenvalue weighted by Gasteiger charge is 2.40. The van der Waals surface area contributed by atoms with Gasteiger partial charge in [-0.15, -0.1) is 0 Å². The topological polar surface area (TPSA) is 48.9 Å². The van der Waals surface area contributed by atoms with Crippen molar-refractivity contribution in [2.45, 2.75) is 12.3 Å². The van der Waals surface area contributed by atoms with E-state index in [9.17, 15) is 13.2 Å². The first-order chi connectivity index (χ1) is 7.00. The largest absolute Gasteiger partial charge is 0.418 e. The number of halogens is 3. The number of pyridine rings is 1. The van der Waals surface area contributed by atoms with Crippen LogP contribution in [-0.2, 0) is 0 Å². The highest BCUT2D eigenvalue weighted by Crippen LogP contribution is 2.35. The van der Waals surface area contributed by atoms with Crippen molar-refractivity contribution < 1.29 is 18.3 Å². The third kappa shape index (κ3) is 1.68. The lowest BCUT2D eigenvalue weighted by molar-refractivity contribution is -0.206. The van der Waals surface area contributed by atoms with E-state index in [1.54, 1.807) is 0 Å². The Morgan fingerprint density at radius 2 is 2.13 bits per heavy atom. The summed E-state index contributed by atoms with van der Waals surface area (Å²) in [6, 6.07) is 2.99. The van der Waals surface area contributed by atoms with Gasteiger partial charge in [0, 0.05) is 23.3 Å². The number of aliphatic hydroxyl groups is 1. The number of alkyl halides is 3. The molecule has 2 N–H and O–H groups in total. The van der Waals surface area contributed by atoms with E-state index < -0.39 is 12.3 Å². The number of aliphatic hydroxyl groups excluding tert-OH is 1. The van der Waals surface area contributed by atoms with Crippen molar-refractivity contribution in [1.29, 1.82) is 0 Å². The lowest BCUT2D eigenvalue weighted by atomic mass is 10.1. The van der Waals surface area contributed by atoms with Crippen molar-refractivity contribution in [1.82, 2.24) is 9.97 Å². The summed E-state index contributed by atoms with van der Waals surface area (Å²) in [6.45, 7) is 0. The number of aromatic nitrogens is 2. The van der Waals surface area contributed by atoms with Gasteiger partial charge in [-0.2, -0.15) is 13.2 Å². The van der Waals surface area contributed by atoms with Gasteiger partial charge in [0.15, 0.2) is 6.10 Å². The van der Waals surface area contributed by atoms with Gasteiger partial charge in [0.25, 0.3) is 0 Å². The Bertz CT molecular complexity index is 477. The molecule has 0 bridgehead atoms. The molecule has 2 heterocycles. The van der Waals surface area contributed by atoms with Crippen molar-refractivity contribution in [2.75, 3.05) is 0 Å². The Balaban J connectivity index is 2.53. The zero-order valence-electron chi connectivity index (χ0n) is 7.42. The number of rotatable bonds is 1. The molecule has 2 aromatic heterocycles. The summed E-state index contributed by atoms with van der Waals surface area (Å²) in [7, 11) is 0. The average Bonchev–Trinajstić information content (AvgIpc) is 2.58. The normalized spacial score (nSPS) is 14.4. The Labute approximate surface area is 82.6 Å². The summed E-state index contributed by atoms with van der Waals surface area (Å²) >= 11 is 0. The minimum Gasteiger partial charge on any atom is -0.379 e. The van der Waals surface area contributed by atoms with E-state index in [2.05, 4.69) is 9.97 Å². The van der Waals surface area contributed by atoms with E-state index in [0.717, 1.165) is 6.20 Å². The molecule has 0 aromatic carbocycles. The summed E-state index contributed by atoms with van der Waals surface area (Å²) in [5.74, 6) is 0. The Kier molecular flexibility index (Phi) is 2.15. The molecular formula is C9H7F3N2O. The predicted molar refractivity (Wildman–Crippen MR) is 47.1 cm³/mol. The maximum absolute atomic E-state index is 12.3. The van der Waals surface area contributed by atoms with Crippen molar-refractivity contribution in [3.63, 3.8) is 0 Å². The number of hydrogen-bond acceptors (Lipinski definition) is 2. The van der Waals surface area contributed by atoms with Crippen LogP contribution in [0.15, 0.2) is 24.5 Å². The summed E-state index contributed by atoms with van der Waals surface area (Å²) < 4.78 is 36.8. The molecule has 3 nitrogen and oxygen atoms in total. The molecule has 0 saturated heterocycles. The molecule has 80 valence electrons. The smallest absolute Gasteiger partial charge is 0.379 e. The molecule has 0 aliphatic heterocycles. The van der Waals surface area contributed by atoms with E-state index >= 15 is 0 Å². The molecule has 6 heteroatoms. The predicted octanol–water partition coefficient (Wildman–Crippen LogP) is 2.16. The number of nitrogens with zero attached hydrogens (tertiary/aromatic N) is 1. The molecule has 0 fully saturated rings. The monoisotopic (exact) mass is 216 g/mol. The van der Waals surface area contributed by atoms with Crippen LogP contribution in [0, 0.1) is 0 Å². The van der Waals surface area contributed by atoms with E-state index in [1.807, 2.05) is 0 Å². The number of aromatic amines is 1.